The Balaban J connectivity index is 0.00000240. The van der Waals surface area contributed by atoms with Gasteiger partial charge in [0.15, 0.2) is 0 Å². The van der Waals surface area contributed by atoms with Crippen molar-refractivity contribution in [1.82, 2.24) is 10.2 Å². The molecule has 2 amide bonds. The van der Waals surface area contributed by atoms with Gasteiger partial charge in [0.25, 0.3) is 5.91 Å². The number of amides is 2. The van der Waals surface area contributed by atoms with Gasteiger partial charge in [-0.1, -0.05) is 12.1 Å². The van der Waals surface area contributed by atoms with Crippen LogP contribution in [-0.2, 0) is 11.2 Å². The lowest BCUT2D eigenvalue weighted by molar-refractivity contribution is -0.116. The van der Waals surface area contributed by atoms with Gasteiger partial charge in [0.1, 0.15) is 0 Å². The lowest BCUT2D eigenvalue weighted by Gasteiger charge is -2.24. The number of rotatable bonds is 6. The number of likely N-dealkylation sites (tertiary alicyclic amines) is 1. The molecular weight excluding hydrogens is 406 g/mol. The SMILES string of the molecule is Cl.O=C(CCCc1cccs1)Nc1cccc(C(=O)N2CCC3CCC(C2)N3)c1. The van der Waals surface area contributed by atoms with E-state index in [1.165, 1.54) is 11.3 Å². The molecule has 156 valence electrons. The van der Waals surface area contributed by atoms with Crippen LogP contribution in [0, 0.1) is 0 Å². The van der Waals surface area contributed by atoms with Crippen molar-refractivity contribution in [3.05, 3.63) is 52.2 Å². The number of nitrogens with one attached hydrogen (secondary N) is 2. The third-order valence-electron chi connectivity index (χ3n) is 5.61. The molecule has 1 aromatic carbocycles. The summed E-state index contributed by atoms with van der Waals surface area (Å²) in [5, 5.41) is 8.61. The summed E-state index contributed by atoms with van der Waals surface area (Å²) in [6.07, 6.45) is 5.62. The topological polar surface area (TPSA) is 61.4 Å². The summed E-state index contributed by atoms with van der Waals surface area (Å²) < 4.78 is 0. The molecule has 2 unspecified atom stereocenters. The van der Waals surface area contributed by atoms with E-state index in [0.29, 0.717) is 29.8 Å². The van der Waals surface area contributed by atoms with Gasteiger partial charge in [-0.05, 0) is 61.7 Å². The van der Waals surface area contributed by atoms with Crippen LogP contribution >= 0.6 is 23.7 Å². The summed E-state index contributed by atoms with van der Waals surface area (Å²) in [5.74, 6) is 0.0561. The number of halogens is 1. The van der Waals surface area contributed by atoms with Crippen LogP contribution in [0.3, 0.4) is 0 Å². The number of anilines is 1. The first-order valence-electron chi connectivity index (χ1n) is 10.1. The lowest BCUT2D eigenvalue weighted by atomic mass is 10.1. The molecule has 2 saturated heterocycles. The summed E-state index contributed by atoms with van der Waals surface area (Å²) in [5.41, 5.74) is 1.34. The predicted octanol–water partition coefficient (Wildman–Crippen LogP) is 4.10. The quantitative estimate of drug-likeness (QED) is 0.721. The van der Waals surface area contributed by atoms with Gasteiger partial charge < -0.3 is 15.5 Å². The maximum Gasteiger partial charge on any atom is 0.253 e. The van der Waals surface area contributed by atoms with Gasteiger partial charge in [-0.2, -0.15) is 0 Å². The Morgan fingerprint density at radius 2 is 2.00 bits per heavy atom. The van der Waals surface area contributed by atoms with Crippen LogP contribution in [0.1, 0.15) is 47.3 Å². The Morgan fingerprint density at radius 1 is 1.14 bits per heavy atom. The second kappa shape index (κ2) is 10.2. The van der Waals surface area contributed by atoms with Gasteiger partial charge in [-0.15, -0.1) is 23.7 Å². The zero-order chi connectivity index (χ0) is 19.3. The minimum Gasteiger partial charge on any atom is -0.337 e. The first-order valence-corrected chi connectivity index (χ1v) is 11.0. The van der Waals surface area contributed by atoms with Crippen molar-refractivity contribution in [1.29, 1.82) is 0 Å². The van der Waals surface area contributed by atoms with E-state index in [1.807, 2.05) is 29.2 Å². The third-order valence-corrected chi connectivity index (χ3v) is 6.55. The van der Waals surface area contributed by atoms with Crippen LogP contribution < -0.4 is 10.6 Å². The fraction of sp³-hybridized carbons (Fsp3) is 0.455. The van der Waals surface area contributed by atoms with Crippen molar-refractivity contribution < 1.29 is 9.59 Å². The average molecular weight is 434 g/mol. The minimum atomic E-state index is -0.00237. The van der Waals surface area contributed by atoms with Crippen LogP contribution in [0.2, 0.25) is 0 Å². The Labute approximate surface area is 182 Å². The number of hydrogen-bond donors (Lipinski definition) is 2. The van der Waals surface area contributed by atoms with Crippen molar-refractivity contribution >= 4 is 41.2 Å². The van der Waals surface area contributed by atoms with Crippen LogP contribution in [0.4, 0.5) is 5.69 Å². The van der Waals surface area contributed by atoms with Gasteiger partial charge in [-0.3, -0.25) is 9.59 Å². The number of nitrogens with zero attached hydrogens (tertiary/aromatic N) is 1. The number of fused-ring (bicyclic) bond motifs is 2. The van der Waals surface area contributed by atoms with Crippen LogP contribution in [0.15, 0.2) is 41.8 Å². The summed E-state index contributed by atoms with van der Waals surface area (Å²) in [4.78, 5) is 28.5. The van der Waals surface area contributed by atoms with Gasteiger partial charge in [0.2, 0.25) is 5.91 Å². The molecule has 29 heavy (non-hydrogen) atoms. The van der Waals surface area contributed by atoms with Gasteiger partial charge in [0, 0.05) is 47.7 Å². The maximum atomic E-state index is 13.0. The average Bonchev–Trinajstić information content (AvgIpc) is 3.31. The fourth-order valence-corrected chi connectivity index (χ4v) is 4.89. The third kappa shape index (κ3) is 5.81. The molecule has 0 radical (unpaired) electrons. The summed E-state index contributed by atoms with van der Waals surface area (Å²) in [7, 11) is 0. The van der Waals surface area contributed by atoms with E-state index in [0.717, 1.165) is 38.8 Å². The first-order chi connectivity index (χ1) is 13.7. The van der Waals surface area contributed by atoms with Gasteiger partial charge in [0.05, 0.1) is 0 Å². The second-order valence-corrected chi connectivity index (χ2v) is 8.77. The molecule has 0 saturated carbocycles. The second-order valence-electron chi connectivity index (χ2n) is 7.74. The van der Waals surface area contributed by atoms with E-state index in [4.69, 9.17) is 0 Å². The number of carbonyl (C=O) groups excluding carboxylic acids is 2. The number of aryl methyl sites for hydroxylation is 1. The smallest absolute Gasteiger partial charge is 0.253 e. The highest BCUT2D eigenvalue weighted by Crippen LogP contribution is 2.22. The van der Waals surface area contributed by atoms with Crippen LogP contribution in [-0.4, -0.2) is 41.9 Å². The van der Waals surface area contributed by atoms with Crippen molar-refractivity contribution in [3.8, 4) is 0 Å². The standard InChI is InChI=1S/C22H27N3O2S.ClH/c26-21(8-2-6-20-7-3-13-28-20)24-18-5-1-4-16(14-18)22(27)25-12-11-17-9-10-19(15-25)23-17;/h1,3-5,7,13-14,17,19,23H,2,6,8-12,15H2,(H,24,26);1H. The first kappa shape index (κ1) is 21.8. The molecule has 2 aromatic rings. The normalized spacial score (nSPS) is 20.6. The molecule has 1 aromatic heterocycles. The van der Waals surface area contributed by atoms with Crippen molar-refractivity contribution in [2.24, 2.45) is 0 Å². The van der Waals surface area contributed by atoms with Crippen LogP contribution in [0.25, 0.3) is 0 Å². The zero-order valence-electron chi connectivity index (χ0n) is 16.4. The molecule has 7 heteroatoms. The highest BCUT2D eigenvalue weighted by molar-refractivity contribution is 7.09. The van der Waals surface area contributed by atoms with E-state index >= 15 is 0 Å². The van der Waals surface area contributed by atoms with Gasteiger partial charge in [-0.25, -0.2) is 0 Å². The largest absolute Gasteiger partial charge is 0.337 e. The summed E-state index contributed by atoms with van der Waals surface area (Å²) in [6, 6.07) is 12.4. The monoisotopic (exact) mass is 433 g/mol. The Kier molecular flexibility index (Phi) is 7.70. The lowest BCUT2D eigenvalue weighted by Crippen LogP contribution is -2.39. The molecule has 2 fully saturated rings. The van der Waals surface area contributed by atoms with Crippen molar-refractivity contribution in [2.75, 3.05) is 18.4 Å². The molecule has 3 heterocycles. The molecular formula is C22H28ClN3O2S. The van der Waals surface area contributed by atoms with Crippen LogP contribution in [0.5, 0.6) is 0 Å². The molecule has 2 aliphatic rings. The van der Waals surface area contributed by atoms with E-state index in [-0.39, 0.29) is 24.2 Å². The molecule has 0 aliphatic carbocycles. The van der Waals surface area contributed by atoms with E-state index < -0.39 is 0 Å². The highest BCUT2D eigenvalue weighted by Gasteiger charge is 2.31. The fourth-order valence-electron chi connectivity index (χ4n) is 4.14. The molecule has 2 bridgehead atoms. The maximum absolute atomic E-state index is 13.0. The summed E-state index contributed by atoms with van der Waals surface area (Å²) >= 11 is 1.72. The van der Waals surface area contributed by atoms with Gasteiger partial charge >= 0.3 is 0 Å². The molecule has 2 N–H and O–H groups in total. The molecule has 2 atom stereocenters. The van der Waals surface area contributed by atoms with Crippen molar-refractivity contribution in [3.63, 3.8) is 0 Å². The number of hydrogen-bond acceptors (Lipinski definition) is 4. The Bertz CT molecular complexity index is 827. The molecule has 4 rings (SSSR count). The molecule has 0 spiro atoms. The summed E-state index contributed by atoms with van der Waals surface area (Å²) in [6.45, 7) is 1.57. The van der Waals surface area contributed by atoms with E-state index in [9.17, 15) is 9.59 Å². The molecule has 2 aliphatic heterocycles. The number of carbonyl (C=O) groups is 2. The zero-order valence-corrected chi connectivity index (χ0v) is 18.1. The predicted molar refractivity (Wildman–Crippen MR) is 120 cm³/mol. The Hall–Kier alpha value is -1.89. The Morgan fingerprint density at radius 3 is 2.83 bits per heavy atom. The molecule has 5 nitrogen and oxygen atoms in total. The minimum absolute atomic E-state index is 0. The number of benzene rings is 1. The van der Waals surface area contributed by atoms with Crippen molar-refractivity contribution in [2.45, 2.75) is 50.6 Å². The van der Waals surface area contributed by atoms with E-state index in [1.54, 1.807) is 17.4 Å². The highest BCUT2D eigenvalue weighted by atomic mass is 35.5. The van der Waals surface area contributed by atoms with E-state index in [2.05, 4.69) is 22.1 Å². The number of thiophene rings is 1.